The predicted molar refractivity (Wildman–Crippen MR) is 65.6 cm³/mol. The molecule has 0 unspecified atom stereocenters. The predicted octanol–water partition coefficient (Wildman–Crippen LogP) is -1.29. The van der Waals surface area contributed by atoms with Gasteiger partial charge in [-0.1, -0.05) is 0 Å². The quantitative estimate of drug-likeness (QED) is 0.649. The van der Waals surface area contributed by atoms with Crippen LogP contribution in [0.4, 0.5) is 0 Å². The molecular weight excluding hydrogens is 238 g/mol. The minimum absolute atomic E-state index is 0.00868. The van der Waals surface area contributed by atoms with Crippen LogP contribution in [-0.2, 0) is 9.59 Å². The molecule has 0 aromatic heterocycles. The largest absolute Gasteiger partial charge is 0.480 e. The number of likely N-dealkylation sites (N-methyl/N-ethyl adjacent to an activating group) is 1. The van der Waals surface area contributed by atoms with E-state index >= 15 is 0 Å². The number of hydrogen-bond acceptors (Lipinski definition) is 5. The van der Waals surface area contributed by atoms with E-state index in [2.05, 4.69) is 4.90 Å². The highest BCUT2D eigenvalue weighted by Gasteiger charge is 2.17. The van der Waals surface area contributed by atoms with E-state index in [4.69, 9.17) is 10.2 Å². The zero-order valence-electron chi connectivity index (χ0n) is 10.7. The van der Waals surface area contributed by atoms with Crippen LogP contribution in [0.25, 0.3) is 0 Å². The van der Waals surface area contributed by atoms with Gasteiger partial charge in [0.2, 0.25) is 0 Å². The average molecular weight is 259 g/mol. The van der Waals surface area contributed by atoms with Gasteiger partial charge in [0, 0.05) is 39.3 Å². The molecule has 0 radical (unpaired) electrons. The summed E-state index contributed by atoms with van der Waals surface area (Å²) in [5, 5.41) is 17.6. The van der Waals surface area contributed by atoms with Crippen molar-refractivity contribution in [2.24, 2.45) is 0 Å². The molecule has 2 N–H and O–H groups in total. The lowest BCUT2D eigenvalue weighted by Gasteiger charge is -2.23. The summed E-state index contributed by atoms with van der Waals surface area (Å²) >= 11 is 0. The fourth-order valence-electron chi connectivity index (χ4n) is 1.94. The molecular formula is C11H21N3O4. The number of nitrogens with zero attached hydrogens (tertiary/aromatic N) is 3. The Kier molecular flexibility index (Phi) is 6.03. The van der Waals surface area contributed by atoms with Gasteiger partial charge in [-0.05, 0) is 7.05 Å². The van der Waals surface area contributed by atoms with Gasteiger partial charge < -0.3 is 15.1 Å². The maximum Gasteiger partial charge on any atom is 0.317 e. The van der Waals surface area contributed by atoms with Crippen molar-refractivity contribution in [1.29, 1.82) is 0 Å². The third-order valence-corrected chi connectivity index (χ3v) is 3.05. The Labute approximate surface area is 107 Å². The zero-order valence-corrected chi connectivity index (χ0v) is 10.7. The molecule has 1 aliphatic heterocycles. The van der Waals surface area contributed by atoms with Gasteiger partial charge in [0.25, 0.3) is 0 Å². The van der Waals surface area contributed by atoms with E-state index in [9.17, 15) is 9.59 Å². The van der Waals surface area contributed by atoms with Gasteiger partial charge in [0.15, 0.2) is 0 Å². The molecule has 1 saturated heterocycles. The molecule has 0 aromatic rings. The highest BCUT2D eigenvalue weighted by molar-refractivity contribution is 5.69. The van der Waals surface area contributed by atoms with E-state index in [1.165, 1.54) is 0 Å². The van der Waals surface area contributed by atoms with Crippen LogP contribution in [0.5, 0.6) is 0 Å². The summed E-state index contributed by atoms with van der Waals surface area (Å²) < 4.78 is 0. The van der Waals surface area contributed by atoms with Crippen molar-refractivity contribution in [3.8, 4) is 0 Å². The first kappa shape index (κ1) is 14.9. The lowest BCUT2D eigenvalue weighted by atomic mass is 10.4. The maximum atomic E-state index is 10.7. The number of carboxylic acid groups (broad SMARTS) is 2. The van der Waals surface area contributed by atoms with Crippen molar-refractivity contribution >= 4 is 11.9 Å². The van der Waals surface area contributed by atoms with Crippen LogP contribution in [-0.4, -0.2) is 96.3 Å². The highest BCUT2D eigenvalue weighted by Crippen LogP contribution is 1.99. The third-order valence-electron chi connectivity index (χ3n) is 3.05. The normalized spacial score (nSPS) is 20.9. The van der Waals surface area contributed by atoms with Gasteiger partial charge >= 0.3 is 11.9 Å². The standard InChI is InChI=1S/C11H21N3O4/c1-12-2-4-13(8-10(15)16)6-7-14(5-3-12)9-11(17)18/h2-9H2,1H3,(H,15,16)(H,17,18). The Morgan fingerprint density at radius 2 is 1.17 bits per heavy atom. The summed E-state index contributed by atoms with van der Waals surface area (Å²) in [6.07, 6.45) is 0. The minimum Gasteiger partial charge on any atom is -0.480 e. The molecule has 1 heterocycles. The molecule has 1 rings (SSSR count). The molecule has 0 saturated carbocycles. The second-order valence-corrected chi connectivity index (χ2v) is 4.64. The van der Waals surface area contributed by atoms with E-state index in [0.29, 0.717) is 26.2 Å². The number of aliphatic carboxylic acids is 2. The lowest BCUT2D eigenvalue weighted by Crippen LogP contribution is -2.40. The SMILES string of the molecule is CN1CCN(CC(=O)O)CCN(CC(=O)O)CC1. The number of carbonyl (C=O) groups is 2. The van der Waals surface area contributed by atoms with Crippen molar-refractivity contribution in [2.45, 2.75) is 0 Å². The van der Waals surface area contributed by atoms with Crippen molar-refractivity contribution < 1.29 is 19.8 Å². The van der Waals surface area contributed by atoms with Crippen LogP contribution in [0.2, 0.25) is 0 Å². The summed E-state index contributed by atoms with van der Waals surface area (Å²) in [7, 11) is 1.96. The molecule has 104 valence electrons. The van der Waals surface area contributed by atoms with Crippen molar-refractivity contribution in [2.75, 3.05) is 59.4 Å². The number of rotatable bonds is 4. The fourth-order valence-corrected chi connectivity index (χ4v) is 1.94. The highest BCUT2D eigenvalue weighted by atomic mass is 16.4. The van der Waals surface area contributed by atoms with Gasteiger partial charge in [0.1, 0.15) is 0 Å². The molecule has 0 spiro atoms. The summed E-state index contributed by atoms with van der Waals surface area (Å²) in [6, 6.07) is 0. The van der Waals surface area contributed by atoms with Crippen molar-refractivity contribution in [1.82, 2.24) is 14.7 Å². The molecule has 1 fully saturated rings. The second kappa shape index (κ2) is 7.30. The zero-order chi connectivity index (χ0) is 13.5. The minimum atomic E-state index is -0.846. The number of carboxylic acids is 2. The Bertz CT molecular complexity index is 270. The second-order valence-electron chi connectivity index (χ2n) is 4.64. The van der Waals surface area contributed by atoms with Crippen LogP contribution < -0.4 is 0 Å². The summed E-state index contributed by atoms with van der Waals surface area (Å²) in [5.41, 5.74) is 0. The first-order valence-electron chi connectivity index (χ1n) is 6.04. The van der Waals surface area contributed by atoms with Crippen LogP contribution >= 0.6 is 0 Å². The van der Waals surface area contributed by atoms with Crippen molar-refractivity contribution in [3.05, 3.63) is 0 Å². The summed E-state index contributed by atoms with van der Waals surface area (Å²) in [6.45, 7) is 4.19. The van der Waals surface area contributed by atoms with Gasteiger partial charge in [-0.2, -0.15) is 0 Å². The Morgan fingerprint density at radius 3 is 1.50 bits per heavy atom. The molecule has 18 heavy (non-hydrogen) atoms. The topological polar surface area (TPSA) is 84.3 Å². The molecule has 0 bridgehead atoms. The van der Waals surface area contributed by atoms with Gasteiger partial charge in [-0.15, -0.1) is 0 Å². The molecule has 7 nitrogen and oxygen atoms in total. The molecule has 0 aromatic carbocycles. The summed E-state index contributed by atoms with van der Waals surface area (Å²) in [4.78, 5) is 27.2. The van der Waals surface area contributed by atoms with Crippen LogP contribution in [0.1, 0.15) is 0 Å². The molecule has 1 aliphatic rings. The first-order valence-corrected chi connectivity index (χ1v) is 6.04. The van der Waals surface area contributed by atoms with E-state index in [0.717, 1.165) is 13.1 Å². The van der Waals surface area contributed by atoms with E-state index in [-0.39, 0.29) is 13.1 Å². The molecule has 7 heteroatoms. The number of hydrogen-bond donors (Lipinski definition) is 2. The van der Waals surface area contributed by atoms with E-state index in [1.54, 1.807) is 0 Å². The lowest BCUT2D eigenvalue weighted by molar-refractivity contribution is -0.140. The molecule has 0 aliphatic carbocycles. The Hall–Kier alpha value is -1.18. The Morgan fingerprint density at radius 1 is 0.833 bits per heavy atom. The van der Waals surface area contributed by atoms with Crippen molar-refractivity contribution in [3.63, 3.8) is 0 Å². The van der Waals surface area contributed by atoms with Gasteiger partial charge in [-0.25, -0.2) is 0 Å². The van der Waals surface area contributed by atoms with Gasteiger partial charge in [0.05, 0.1) is 13.1 Å². The monoisotopic (exact) mass is 259 g/mol. The van der Waals surface area contributed by atoms with E-state index in [1.807, 2.05) is 16.8 Å². The van der Waals surface area contributed by atoms with Gasteiger partial charge in [-0.3, -0.25) is 19.4 Å². The Balaban J connectivity index is 2.55. The average Bonchev–Trinajstić information content (AvgIpc) is 2.33. The molecule has 0 amide bonds. The third kappa shape index (κ3) is 5.95. The van der Waals surface area contributed by atoms with Crippen LogP contribution in [0.3, 0.4) is 0 Å². The summed E-state index contributed by atoms with van der Waals surface area (Å²) in [5.74, 6) is -1.69. The van der Waals surface area contributed by atoms with Crippen LogP contribution in [0.15, 0.2) is 0 Å². The first-order chi connectivity index (χ1) is 8.47. The van der Waals surface area contributed by atoms with Crippen LogP contribution in [0, 0.1) is 0 Å². The molecule has 0 atom stereocenters. The maximum absolute atomic E-state index is 10.7. The van der Waals surface area contributed by atoms with E-state index < -0.39 is 11.9 Å². The smallest absolute Gasteiger partial charge is 0.317 e. The fraction of sp³-hybridized carbons (Fsp3) is 0.818.